The number of ether oxygens (including phenoxy) is 1. The van der Waals surface area contributed by atoms with Crippen molar-refractivity contribution in [3.63, 3.8) is 0 Å². The third-order valence-electron chi connectivity index (χ3n) is 5.30. The molecule has 0 amide bonds. The molecule has 1 aliphatic rings. The van der Waals surface area contributed by atoms with Crippen LogP contribution in [0.15, 0.2) is 34.9 Å². The van der Waals surface area contributed by atoms with Crippen molar-refractivity contribution in [2.45, 2.75) is 41.8 Å². The number of thioether (sulfide) groups is 1. The molecule has 5 unspecified atom stereocenters. The molecule has 5 atom stereocenters. The average Bonchev–Trinajstić information content (AvgIpc) is 3.48. The first kappa shape index (κ1) is 22.7. The standard InChI is InChI=1S/C20H21ClN6O4S2/c1-9(7-32-20-24-10-4-2-3-5-12(10)33-20)23-16-13-17(26-19(21)25-16)27(8-22-13)18-15(30)14(29)11(6-28)31-18/h2-5,8-9,11,14-15,18,28-30H,6-7H2,1H3,(H,23,25,26). The fourth-order valence-corrected chi connectivity index (χ4v) is 5.88. The number of rotatable bonds is 7. The van der Waals surface area contributed by atoms with Crippen molar-refractivity contribution in [1.29, 1.82) is 0 Å². The summed E-state index contributed by atoms with van der Waals surface area (Å²) >= 11 is 9.48. The van der Waals surface area contributed by atoms with Crippen LogP contribution in [-0.4, -0.2) is 76.5 Å². The zero-order valence-corrected chi connectivity index (χ0v) is 19.8. The summed E-state index contributed by atoms with van der Waals surface area (Å²) in [5, 5.41) is 33.1. The quantitative estimate of drug-likeness (QED) is 0.217. The van der Waals surface area contributed by atoms with Gasteiger partial charge in [0, 0.05) is 11.8 Å². The molecule has 5 rings (SSSR count). The second-order valence-corrected chi connectivity index (χ2v) is 10.3. The summed E-state index contributed by atoms with van der Waals surface area (Å²) in [5.41, 5.74) is 1.79. The summed E-state index contributed by atoms with van der Waals surface area (Å²) in [4.78, 5) is 17.6. The minimum atomic E-state index is -1.26. The molecule has 4 heterocycles. The van der Waals surface area contributed by atoms with E-state index < -0.39 is 31.1 Å². The van der Waals surface area contributed by atoms with Crippen LogP contribution in [0.4, 0.5) is 5.82 Å². The van der Waals surface area contributed by atoms with E-state index in [-0.39, 0.29) is 11.3 Å². The van der Waals surface area contributed by atoms with Gasteiger partial charge < -0.3 is 25.4 Å². The summed E-state index contributed by atoms with van der Waals surface area (Å²) in [5.74, 6) is 1.19. The summed E-state index contributed by atoms with van der Waals surface area (Å²) in [6, 6.07) is 8.05. The topological polar surface area (TPSA) is 138 Å². The van der Waals surface area contributed by atoms with Crippen LogP contribution in [0.5, 0.6) is 0 Å². The van der Waals surface area contributed by atoms with Gasteiger partial charge in [-0.25, -0.2) is 9.97 Å². The highest BCUT2D eigenvalue weighted by Gasteiger charge is 2.44. The minimum Gasteiger partial charge on any atom is -0.394 e. The van der Waals surface area contributed by atoms with Gasteiger partial charge in [-0.05, 0) is 30.7 Å². The van der Waals surface area contributed by atoms with Crippen LogP contribution in [0.2, 0.25) is 5.28 Å². The molecule has 1 fully saturated rings. The predicted molar refractivity (Wildman–Crippen MR) is 127 cm³/mol. The molecule has 4 aromatic rings. The van der Waals surface area contributed by atoms with Gasteiger partial charge in [-0.3, -0.25) is 4.57 Å². The highest BCUT2D eigenvalue weighted by molar-refractivity contribution is 8.01. The number of aliphatic hydroxyl groups is 3. The lowest BCUT2D eigenvalue weighted by Gasteiger charge is -2.17. The third kappa shape index (κ3) is 4.39. The van der Waals surface area contributed by atoms with E-state index in [0.29, 0.717) is 17.0 Å². The first-order chi connectivity index (χ1) is 15.9. The fraction of sp³-hybridized carbons (Fsp3) is 0.400. The van der Waals surface area contributed by atoms with Crippen LogP contribution in [0.3, 0.4) is 0 Å². The maximum absolute atomic E-state index is 10.4. The Labute approximate surface area is 201 Å². The SMILES string of the molecule is CC(CSc1nc2ccccc2s1)Nc1nc(Cl)nc2c1ncn2C1OC(CO)C(O)C1O. The molecule has 3 aromatic heterocycles. The second kappa shape index (κ2) is 9.29. The smallest absolute Gasteiger partial charge is 0.226 e. The first-order valence-electron chi connectivity index (χ1n) is 10.2. The van der Waals surface area contributed by atoms with E-state index in [2.05, 4.69) is 31.3 Å². The molecule has 33 heavy (non-hydrogen) atoms. The molecular weight excluding hydrogens is 488 g/mol. The number of para-hydroxylation sites is 1. The summed E-state index contributed by atoms with van der Waals surface area (Å²) in [6.07, 6.45) is -2.91. The first-order valence-corrected chi connectivity index (χ1v) is 12.4. The second-order valence-electron chi connectivity index (χ2n) is 7.70. The van der Waals surface area contributed by atoms with Gasteiger partial charge in [-0.2, -0.15) is 9.97 Å². The van der Waals surface area contributed by atoms with E-state index in [0.717, 1.165) is 20.3 Å². The van der Waals surface area contributed by atoms with Crippen molar-refractivity contribution >= 4 is 61.9 Å². The summed E-state index contributed by atoms with van der Waals surface area (Å²) in [7, 11) is 0. The van der Waals surface area contributed by atoms with E-state index in [9.17, 15) is 15.3 Å². The largest absolute Gasteiger partial charge is 0.394 e. The molecule has 10 nitrogen and oxygen atoms in total. The van der Waals surface area contributed by atoms with E-state index in [4.69, 9.17) is 16.3 Å². The molecule has 0 aliphatic carbocycles. The lowest BCUT2D eigenvalue weighted by molar-refractivity contribution is -0.0511. The number of nitrogens with one attached hydrogen (secondary N) is 1. The minimum absolute atomic E-state index is 0.00418. The van der Waals surface area contributed by atoms with Gasteiger partial charge in [0.2, 0.25) is 5.28 Å². The van der Waals surface area contributed by atoms with Crippen LogP contribution in [-0.2, 0) is 4.74 Å². The van der Waals surface area contributed by atoms with E-state index in [1.54, 1.807) is 23.1 Å². The van der Waals surface area contributed by atoms with Crippen molar-refractivity contribution in [1.82, 2.24) is 24.5 Å². The maximum Gasteiger partial charge on any atom is 0.226 e. The molecule has 13 heteroatoms. The molecule has 4 N–H and O–H groups in total. The zero-order valence-electron chi connectivity index (χ0n) is 17.4. The number of anilines is 1. The number of hydrogen-bond donors (Lipinski definition) is 4. The molecule has 1 saturated heterocycles. The number of fused-ring (bicyclic) bond motifs is 2. The van der Waals surface area contributed by atoms with Crippen molar-refractivity contribution in [2.24, 2.45) is 0 Å². The Kier molecular flexibility index (Phi) is 6.40. The highest BCUT2D eigenvalue weighted by atomic mass is 35.5. The predicted octanol–water partition coefficient (Wildman–Crippen LogP) is 2.29. The monoisotopic (exact) mass is 508 g/mol. The Morgan fingerprint density at radius 3 is 2.82 bits per heavy atom. The van der Waals surface area contributed by atoms with Crippen LogP contribution in [0.1, 0.15) is 13.2 Å². The molecule has 1 aromatic carbocycles. The molecule has 1 aliphatic heterocycles. The Morgan fingerprint density at radius 2 is 2.06 bits per heavy atom. The van der Waals surface area contributed by atoms with Gasteiger partial charge in [0.05, 0.1) is 23.2 Å². The Bertz CT molecular complexity index is 1250. The van der Waals surface area contributed by atoms with E-state index >= 15 is 0 Å². The van der Waals surface area contributed by atoms with Crippen LogP contribution in [0.25, 0.3) is 21.4 Å². The van der Waals surface area contributed by atoms with Gasteiger partial charge in [0.15, 0.2) is 27.5 Å². The van der Waals surface area contributed by atoms with Crippen LogP contribution < -0.4 is 5.32 Å². The number of hydrogen-bond acceptors (Lipinski definition) is 11. The number of aromatic nitrogens is 5. The maximum atomic E-state index is 10.4. The third-order valence-corrected chi connectivity index (χ3v) is 7.91. The summed E-state index contributed by atoms with van der Waals surface area (Å²) < 4.78 is 9.23. The number of benzene rings is 1. The van der Waals surface area contributed by atoms with Crippen molar-refractivity contribution in [3.8, 4) is 0 Å². The van der Waals surface area contributed by atoms with E-state index in [1.165, 1.54) is 10.9 Å². The molecule has 0 bridgehead atoms. The van der Waals surface area contributed by atoms with E-state index in [1.807, 2.05) is 25.1 Å². The number of thiazole rings is 1. The molecule has 174 valence electrons. The number of halogens is 1. The van der Waals surface area contributed by atoms with Crippen molar-refractivity contribution in [3.05, 3.63) is 35.9 Å². The lowest BCUT2D eigenvalue weighted by Crippen LogP contribution is -2.33. The molecule has 0 spiro atoms. The van der Waals surface area contributed by atoms with Gasteiger partial charge in [0.25, 0.3) is 0 Å². The fourth-order valence-electron chi connectivity index (χ4n) is 3.67. The van der Waals surface area contributed by atoms with Gasteiger partial charge in [-0.15, -0.1) is 11.3 Å². The normalized spacial score (nSPS) is 24.0. The number of nitrogens with zero attached hydrogens (tertiary/aromatic N) is 5. The zero-order chi connectivity index (χ0) is 23.1. The Hall–Kier alpha value is -2.06. The Morgan fingerprint density at radius 1 is 1.24 bits per heavy atom. The number of aliphatic hydroxyl groups excluding tert-OH is 3. The molecular formula is C20H21ClN6O4S2. The molecule has 0 saturated carbocycles. The van der Waals surface area contributed by atoms with Crippen molar-refractivity contribution < 1.29 is 20.1 Å². The molecule has 0 radical (unpaired) electrons. The van der Waals surface area contributed by atoms with Gasteiger partial charge in [-0.1, -0.05) is 23.9 Å². The van der Waals surface area contributed by atoms with Crippen LogP contribution >= 0.6 is 34.7 Å². The van der Waals surface area contributed by atoms with Gasteiger partial charge >= 0.3 is 0 Å². The summed E-state index contributed by atoms with van der Waals surface area (Å²) in [6.45, 7) is 1.60. The Balaban J connectivity index is 1.34. The number of imidazole rings is 1. The highest BCUT2D eigenvalue weighted by Crippen LogP contribution is 2.33. The lowest BCUT2D eigenvalue weighted by atomic mass is 10.1. The van der Waals surface area contributed by atoms with Crippen LogP contribution in [0, 0.1) is 0 Å². The average molecular weight is 509 g/mol. The van der Waals surface area contributed by atoms with Gasteiger partial charge in [0.1, 0.15) is 18.3 Å². The van der Waals surface area contributed by atoms with Crippen molar-refractivity contribution in [2.75, 3.05) is 17.7 Å².